The van der Waals surface area contributed by atoms with Crippen LogP contribution in [0.2, 0.25) is 0 Å². The second-order valence-corrected chi connectivity index (χ2v) is 6.73. The van der Waals surface area contributed by atoms with Crippen LogP contribution in [0.4, 0.5) is 5.69 Å². The molecule has 0 spiro atoms. The maximum Gasteiger partial charge on any atom is 0.261 e. The minimum atomic E-state index is -3.80. The molecule has 25 heavy (non-hydrogen) atoms. The number of pyridine rings is 1. The summed E-state index contributed by atoms with van der Waals surface area (Å²) in [5, 5.41) is 8.88. The van der Waals surface area contributed by atoms with Crippen LogP contribution in [-0.2, 0) is 10.0 Å². The molecule has 0 aliphatic rings. The molecule has 3 rings (SSSR count). The van der Waals surface area contributed by atoms with E-state index < -0.39 is 10.0 Å². The molecule has 0 unspecified atom stereocenters. The molecule has 2 aromatic carbocycles. The van der Waals surface area contributed by atoms with Crippen molar-refractivity contribution in [3.63, 3.8) is 0 Å². The molecule has 124 valence electrons. The number of benzene rings is 2. The minimum absolute atomic E-state index is 0.0103. The summed E-state index contributed by atoms with van der Waals surface area (Å²) in [5.74, 6) is 0.984. The zero-order valence-electron chi connectivity index (χ0n) is 13.0. The number of ether oxygens (including phenoxy) is 1. The van der Waals surface area contributed by atoms with Crippen LogP contribution in [0.3, 0.4) is 0 Å². The Labute approximate surface area is 145 Å². The van der Waals surface area contributed by atoms with Gasteiger partial charge in [0.25, 0.3) is 10.0 Å². The van der Waals surface area contributed by atoms with Gasteiger partial charge in [-0.1, -0.05) is 24.3 Å². The molecule has 3 aromatic rings. The van der Waals surface area contributed by atoms with E-state index in [1.165, 1.54) is 30.5 Å². The molecule has 0 aliphatic heterocycles. The van der Waals surface area contributed by atoms with Gasteiger partial charge in [0.1, 0.15) is 5.75 Å². The summed E-state index contributed by atoms with van der Waals surface area (Å²) in [6.45, 7) is 0. The van der Waals surface area contributed by atoms with Crippen LogP contribution in [-0.4, -0.2) is 13.4 Å². The van der Waals surface area contributed by atoms with Crippen LogP contribution in [0.15, 0.2) is 77.8 Å². The highest BCUT2D eigenvalue weighted by molar-refractivity contribution is 7.92. The second kappa shape index (κ2) is 7.03. The van der Waals surface area contributed by atoms with Crippen LogP contribution in [0, 0.1) is 11.3 Å². The fraction of sp³-hybridized carbons (Fsp3) is 0. The third kappa shape index (κ3) is 4.13. The van der Waals surface area contributed by atoms with Crippen molar-refractivity contribution in [2.24, 2.45) is 0 Å². The normalized spacial score (nSPS) is 10.7. The number of para-hydroxylation sites is 1. The molecule has 6 nitrogen and oxygen atoms in total. The Kier molecular flexibility index (Phi) is 4.64. The van der Waals surface area contributed by atoms with E-state index in [1.54, 1.807) is 24.3 Å². The summed E-state index contributed by atoms with van der Waals surface area (Å²) < 4.78 is 32.7. The molecular weight excluding hydrogens is 338 g/mol. The van der Waals surface area contributed by atoms with Gasteiger partial charge in [0, 0.05) is 6.07 Å². The van der Waals surface area contributed by atoms with Gasteiger partial charge in [0.2, 0.25) is 5.88 Å². The number of hydrogen-bond donors (Lipinski definition) is 1. The molecular formula is C18H13N3O3S. The first kappa shape index (κ1) is 16.5. The van der Waals surface area contributed by atoms with E-state index in [0.717, 1.165) is 0 Å². The lowest BCUT2D eigenvalue weighted by Gasteiger charge is -2.09. The summed E-state index contributed by atoms with van der Waals surface area (Å²) in [5.41, 5.74) is 0.565. The van der Waals surface area contributed by atoms with E-state index in [0.29, 0.717) is 17.3 Å². The number of aromatic nitrogens is 1. The standard InChI is InChI=1S/C18H13N3O3S/c19-12-14-5-4-8-17(11-14)25(22,23)21-15-9-10-18(20-13-15)24-16-6-2-1-3-7-16/h1-11,13,21H. The molecule has 0 aliphatic carbocycles. The van der Waals surface area contributed by atoms with Crippen molar-refractivity contribution in [2.45, 2.75) is 4.90 Å². The lowest BCUT2D eigenvalue weighted by molar-refractivity contribution is 0.463. The average Bonchev–Trinajstić information content (AvgIpc) is 2.64. The Hall–Kier alpha value is -3.37. The Morgan fingerprint density at radius 1 is 1.00 bits per heavy atom. The molecule has 0 amide bonds. The number of nitrogens with one attached hydrogen (secondary N) is 1. The molecule has 1 aromatic heterocycles. The van der Waals surface area contributed by atoms with Crippen molar-refractivity contribution >= 4 is 15.7 Å². The SMILES string of the molecule is N#Cc1cccc(S(=O)(=O)Nc2ccc(Oc3ccccc3)nc2)c1. The predicted octanol–water partition coefficient (Wildman–Crippen LogP) is 3.55. The van der Waals surface area contributed by atoms with Gasteiger partial charge < -0.3 is 4.74 Å². The molecule has 0 radical (unpaired) electrons. The quantitative estimate of drug-likeness (QED) is 0.759. The van der Waals surface area contributed by atoms with Gasteiger partial charge in [0.15, 0.2) is 0 Å². The van der Waals surface area contributed by atoms with Gasteiger partial charge in [-0.3, -0.25) is 4.72 Å². The maximum atomic E-state index is 12.4. The van der Waals surface area contributed by atoms with Gasteiger partial charge >= 0.3 is 0 Å². The first-order valence-electron chi connectivity index (χ1n) is 7.29. The lowest BCUT2D eigenvalue weighted by atomic mass is 10.2. The zero-order chi connectivity index (χ0) is 17.7. The van der Waals surface area contributed by atoms with E-state index in [-0.39, 0.29) is 10.5 Å². The number of nitriles is 1. The lowest BCUT2D eigenvalue weighted by Crippen LogP contribution is -2.13. The van der Waals surface area contributed by atoms with Crippen LogP contribution in [0.5, 0.6) is 11.6 Å². The number of nitrogens with zero attached hydrogens (tertiary/aromatic N) is 2. The van der Waals surface area contributed by atoms with Gasteiger partial charge in [-0.05, 0) is 36.4 Å². The van der Waals surface area contributed by atoms with E-state index in [4.69, 9.17) is 10.00 Å². The zero-order valence-corrected chi connectivity index (χ0v) is 13.8. The van der Waals surface area contributed by atoms with Crippen molar-refractivity contribution in [2.75, 3.05) is 4.72 Å². The van der Waals surface area contributed by atoms with Crippen LogP contribution < -0.4 is 9.46 Å². The first-order valence-corrected chi connectivity index (χ1v) is 8.77. The third-order valence-corrected chi connectivity index (χ3v) is 4.61. The predicted molar refractivity (Wildman–Crippen MR) is 92.7 cm³/mol. The molecule has 7 heteroatoms. The largest absolute Gasteiger partial charge is 0.439 e. The van der Waals surface area contributed by atoms with E-state index in [9.17, 15) is 8.42 Å². The maximum absolute atomic E-state index is 12.4. The molecule has 0 saturated heterocycles. The number of rotatable bonds is 5. The van der Waals surface area contributed by atoms with E-state index in [1.807, 2.05) is 24.3 Å². The highest BCUT2D eigenvalue weighted by Gasteiger charge is 2.15. The summed E-state index contributed by atoms with van der Waals surface area (Å²) >= 11 is 0. The fourth-order valence-corrected chi connectivity index (χ4v) is 3.15. The smallest absolute Gasteiger partial charge is 0.261 e. The summed E-state index contributed by atoms with van der Waals surface area (Å²) in [4.78, 5) is 4.09. The fourth-order valence-electron chi connectivity index (χ4n) is 2.06. The van der Waals surface area contributed by atoms with Crippen molar-refractivity contribution in [1.82, 2.24) is 4.98 Å². The van der Waals surface area contributed by atoms with Crippen molar-refractivity contribution in [1.29, 1.82) is 5.26 Å². The highest BCUT2D eigenvalue weighted by Crippen LogP contribution is 2.21. The summed E-state index contributed by atoms with van der Waals surface area (Å²) in [6.07, 6.45) is 1.37. The van der Waals surface area contributed by atoms with E-state index in [2.05, 4.69) is 9.71 Å². The molecule has 0 fully saturated rings. The molecule has 0 saturated carbocycles. The molecule has 0 bridgehead atoms. The number of anilines is 1. The van der Waals surface area contributed by atoms with E-state index >= 15 is 0 Å². The molecule has 0 atom stereocenters. The molecule has 1 N–H and O–H groups in total. The monoisotopic (exact) mass is 351 g/mol. The summed E-state index contributed by atoms with van der Waals surface area (Å²) in [7, 11) is -3.80. The molecule has 1 heterocycles. The van der Waals surface area contributed by atoms with Crippen molar-refractivity contribution in [3.8, 4) is 17.7 Å². The van der Waals surface area contributed by atoms with Gasteiger partial charge in [-0.15, -0.1) is 0 Å². The van der Waals surface area contributed by atoms with Crippen LogP contribution >= 0.6 is 0 Å². The highest BCUT2D eigenvalue weighted by atomic mass is 32.2. The third-order valence-electron chi connectivity index (χ3n) is 3.23. The minimum Gasteiger partial charge on any atom is -0.439 e. The average molecular weight is 351 g/mol. The Bertz CT molecular complexity index is 1010. The van der Waals surface area contributed by atoms with Crippen molar-refractivity contribution in [3.05, 3.63) is 78.5 Å². The Morgan fingerprint density at radius 3 is 2.48 bits per heavy atom. The van der Waals surface area contributed by atoms with Crippen LogP contribution in [0.25, 0.3) is 0 Å². The first-order chi connectivity index (χ1) is 12.1. The topological polar surface area (TPSA) is 92.1 Å². The van der Waals surface area contributed by atoms with Crippen LogP contribution in [0.1, 0.15) is 5.56 Å². The van der Waals surface area contributed by atoms with Gasteiger partial charge in [0.05, 0.1) is 28.4 Å². The number of sulfonamides is 1. The van der Waals surface area contributed by atoms with Gasteiger partial charge in [-0.2, -0.15) is 5.26 Å². The number of hydrogen-bond acceptors (Lipinski definition) is 5. The Morgan fingerprint density at radius 2 is 1.80 bits per heavy atom. The van der Waals surface area contributed by atoms with Crippen molar-refractivity contribution < 1.29 is 13.2 Å². The second-order valence-electron chi connectivity index (χ2n) is 5.05. The van der Waals surface area contributed by atoms with Gasteiger partial charge in [-0.25, -0.2) is 13.4 Å². The summed E-state index contributed by atoms with van der Waals surface area (Å²) in [6, 6.07) is 20.0. The Balaban J connectivity index is 1.75.